The smallest absolute Gasteiger partial charge is 0.246 e. The van der Waals surface area contributed by atoms with Crippen molar-refractivity contribution in [3.8, 4) is 0 Å². The van der Waals surface area contributed by atoms with Gasteiger partial charge in [-0.15, -0.1) is 0 Å². The minimum absolute atomic E-state index is 0.00940. The molecule has 2 aliphatic rings. The summed E-state index contributed by atoms with van der Waals surface area (Å²) in [6.45, 7) is 32.8. The maximum atomic E-state index is 15.3. The number of ketones is 3. The van der Waals surface area contributed by atoms with Gasteiger partial charge in [0.2, 0.25) is 47.3 Å². The van der Waals surface area contributed by atoms with Crippen molar-refractivity contribution >= 4 is 64.6 Å². The third-order valence-electron chi connectivity index (χ3n) is 19.8. The first kappa shape index (κ1) is 85.4. The largest absolute Gasteiger partial charge is 0.390 e. The van der Waals surface area contributed by atoms with E-state index in [1.54, 1.807) is 61.7 Å². The molecular formula is C72H127N9O14. The van der Waals surface area contributed by atoms with Crippen molar-refractivity contribution in [2.24, 2.45) is 59.2 Å². The molecule has 23 nitrogen and oxygen atoms in total. The fourth-order valence-electron chi connectivity index (χ4n) is 13.4. The minimum Gasteiger partial charge on any atom is -0.390 e. The molecule has 2 heterocycles. The fourth-order valence-corrected chi connectivity index (χ4v) is 13.4. The molecule has 23 heteroatoms. The van der Waals surface area contributed by atoms with Crippen molar-refractivity contribution in [1.29, 1.82) is 0 Å². The lowest BCUT2D eigenvalue weighted by Gasteiger charge is -2.41. The zero-order valence-corrected chi connectivity index (χ0v) is 62.9. The maximum absolute atomic E-state index is 15.3. The lowest BCUT2D eigenvalue weighted by Crippen LogP contribution is -2.63. The molecule has 0 aromatic rings. The van der Waals surface area contributed by atoms with E-state index in [-0.39, 0.29) is 87.0 Å². The molecule has 0 bridgehead atoms. The number of ether oxygens (including phenoxy) is 2. The fraction of sp³-hybridized carbons (Fsp3) is 0.819. The van der Waals surface area contributed by atoms with Gasteiger partial charge in [0, 0.05) is 119 Å². The van der Waals surface area contributed by atoms with E-state index in [4.69, 9.17) is 9.47 Å². The van der Waals surface area contributed by atoms with Gasteiger partial charge in [0.15, 0.2) is 11.6 Å². The number of aliphatic hydroxyl groups excluding tert-OH is 1. The Hall–Kier alpha value is -5.65. The highest BCUT2D eigenvalue weighted by Gasteiger charge is 2.46. The van der Waals surface area contributed by atoms with Crippen LogP contribution in [0.4, 0.5) is 0 Å². The number of likely N-dealkylation sites (N-methyl/N-ethyl adjacent to an activating group) is 7. The normalized spacial score (nSPS) is 28.5. The van der Waals surface area contributed by atoms with Crippen LogP contribution >= 0.6 is 0 Å². The number of rotatable bonds is 20. The summed E-state index contributed by atoms with van der Waals surface area (Å²) in [5, 5.41) is 15.1. The standard InChI is InChI=1S/C72H127N9O14/c1-26-28-29-47(13)64(85)63-65(86)73-54(27-2)69(90)74(18)51(17)67(88)79(23)62(50(16)41-95-33-32-81-31-30-52(40-81)94-25)60(84)39-53(45(9)10)68(89)75(19)55(34-42(3)4)59(83)37-48(14)58(82)38-49(15)66(87)76(20)56(35-43(5)6)70(91)77(21)57(36-44(7)8)71(92)78(22)61(46(11)12)72(93)80(63)24/h26,28,42-57,61-64,85H,27,29-41H2,1-25H3,(H,73,86)/b28-26+/t47-,48-,49+,50-,51-,52+,53+,54+,55+,56+,57+,61+,62+,63+,64-/m1/s1. The predicted molar refractivity (Wildman–Crippen MR) is 369 cm³/mol. The number of Topliss-reactive ketones (excluding diaryl/α,β-unsaturated/α-hetero) is 3. The first-order chi connectivity index (χ1) is 44.1. The van der Waals surface area contributed by atoms with Gasteiger partial charge in [-0.05, 0) is 87.9 Å². The number of aliphatic hydroxyl groups is 1. The highest BCUT2D eigenvalue weighted by Crippen LogP contribution is 2.30. The molecule has 8 amide bonds. The summed E-state index contributed by atoms with van der Waals surface area (Å²) in [6, 6.07) is -9.83. The van der Waals surface area contributed by atoms with E-state index in [1.165, 1.54) is 85.7 Å². The van der Waals surface area contributed by atoms with Gasteiger partial charge in [-0.2, -0.15) is 0 Å². The number of amides is 8. The molecule has 2 rings (SSSR count). The van der Waals surface area contributed by atoms with Crippen LogP contribution in [0.2, 0.25) is 0 Å². The van der Waals surface area contributed by atoms with E-state index in [1.807, 2.05) is 68.4 Å². The lowest BCUT2D eigenvalue weighted by atomic mass is 9.83. The van der Waals surface area contributed by atoms with E-state index in [2.05, 4.69) is 10.2 Å². The van der Waals surface area contributed by atoms with Crippen LogP contribution in [-0.4, -0.2) is 259 Å². The highest BCUT2D eigenvalue weighted by atomic mass is 16.5. The third kappa shape index (κ3) is 23.8. The summed E-state index contributed by atoms with van der Waals surface area (Å²) in [7, 11) is 11.9. The minimum atomic E-state index is -1.62. The van der Waals surface area contributed by atoms with E-state index >= 15 is 33.6 Å². The highest BCUT2D eigenvalue weighted by molar-refractivity contribution is 6.00. The van der Waals surface area contributed by atoms with Crippen LogP contribution in [0, 0.1) is 59.2 Å². The van der Waals surface area contributed by atoms with Crippen LogP contribution in [0.1, 0.15) is 175 Å². The topological polar surface area (TPSA) is 264 Å². The number of likely N-dealkylation sites (tertiary alicyclic amines) is 1. The van der Waals surface area contributed by atoms with Gasteiger partial charge in [-0.1, -0.05) is 116 Å². The maximum Gasteiger partial charge on any atom is 0.246 e. The molecule has 2 fully saturated rings. The molecular weight excluding hydrogens is 1210 g/mol. The van der Waals surface area contributed by atoms with Gasteiger partial charge in [-0.25, -0.2) is 0 Å². The van der Waals surface area contributed by atoms with Crippen LogP contribution in [0.25, 0.3) is 0 Å². The summed E-state index contributed by atoms with van der Waals surface area (Å²) in [5.74, 6) is -11.6. The molecule has 0 spiro atoms. The zero-order chi connectivity index (χ0) is 73.0. The van der Waals surface area contributed by atoms with Crippen molar-refractivity contribution in [1.82, 2.24) is 44.5 Å². The van der Waals surface area contributed by atoms with Gasteiger partial charge in [-0.3, -0.25) is 57.6 Å². The first-order valence-electron chi connectivity index (χ1n) is 35.0. The molecule has 544 valence electrons. The van der Waals surface area contributed by atoms with Crippen molar-refractivity contribution in [3.63, 3.8) is 0 Å². The average molecular weight is 1340 g/mol. The number of nitrogens with one attached hydrogen (secondary N) is 1. The zero-order valence-electron chi connectivity index (χ0n) is 62.9. The average Bonchev–Trinajstić information content (AvgIpc) is 1.00. The Balaban J connectivity index is 3.02. The molecule has 0 aromatic carbocycles. The van der Waals surface area contributed by atoms with Gasteiger partial charge in [0.05, 0.1) is 37.5 Å². The molecule has 0 unspecified atom stereocenters. The predicted octanol–water partition coefficient (Wildman–Crippen LogP) is 6.26. The Morgan fingerprint density at radius 2 is 1.04 bits per heavy atom. The number of carbonyl (C=O) groups is 11. The summed E-state index contributed by atoms with van der Waals surface area (Å²) >= 11 is 0. The number of hydrogen-bond donors (Lipinski definition) is 2. The summed E-state index contributed by atoms with van der Waals surface area (Å²) in [4.78, 5) is 175. The molecule has 2 saturated heterocycles. The monoisotopic (exact) mass is 1340 g/mol. The summed E-state index contributed by atoms with van der Waals surface area (Å²) < 4.78 is 11.8. The van der Waals surface area contributed by atoms with E-state index in [0.717, 1.165) is 24.4 Å². The second-order valence-electron chi connectivity index (χ2n) is 29.7. The molecule has 15 atom stereocenters. The molecule has 0 radical (unpaired) electrons. The Bertz CT molecular complexity index is 2590. The van der Waals surface area contributed by atoms with E-state index in [0.29, 0.717) is 19.6 Å². The second kappa shape index (κ2) is 39.7. The SMILES string of the molecule is C/C=C/C[C@@H](C)[C@@H](O)[C@H]1C(=O)N[C@@H](CC)C(=O)N(C)[C@H](C)C(=O)N(C)[C@@H]([C@H](C)COCCN2CC[C@H](OC)C2)C(=O)C[C@@H](C(C)C)C(=O)N(C)[C@@H](CC(C)C)C(=O)C[C@@H](C)C(=O)C[C@H](C)C(=O)N(C)[C@@H](CC(C)C)C(=O)N(C)[C@@H](CC(C)C)C(=O)N(C)[C@@H](C(C)C)C(=O)N1C. The number of methoxy groups -OCH3 is 1. The lowest BCUT2D eigenvalue weighted by molar-refractivity contribution is -0.157. The van der Waals surface area contributed by atoms with Gasteiger partial charge >= 0.3 is 0 Å². The van der Waals surface area contributed by atoms with Gasteiger partial charge in [0.25, 0.3) is 0 Å². The Morgan fingerprint density at radius 1 is 0.547 bits per heavy atom. The van der Waals surface area contributed by atoms with Crippen LogP contribution in [-0.2, 0) is 62.2 Å². The van der Waals surface area contributed by atoms with Crippen LogP contribution in [0.15, 0.2) is 12.2 Å². The van der Waals surface area contributed by atoms with E-state index in [9.17, 15) is 24.3 Å². The molecule has 0 saturated carbocycles. The van der Waals surface area contributed by atoms with Crippen molar-refractivity contribution in [3.05, 3.63) is 12.2 Å². The Morgan fingerprint density at radius 3 is 1.54 bits per heavy atom. The van der Waals surface area contributed by atoms with Crippen molar-refractivity contribution < 1.29 is 67.3 Å². The Kier molecular flexibility index (Phi) is 35.7. The number of nitrogens with zero attached hydrogens (tertiary/aromatic N) is 8. The first-order valence-corrected chi connectivity index (χ1v) is 35.0. The molecule has 2 N–H and O–H groups in total. The molecule has 0 aromatic heterocycles. The molecule has 0 aliphatic carbocycles. The van der Waals surface area contributed by atoms with Crippen LogP contribution in [0.3, 0.4) is 0 Å². The Labute approximate surface area is 570 Å². The van der Waals surface area contributed by atoms with Crippen LogP contribution in [0.5, 0.6) is 0 Å². The molecule has 2 aliphatic heterocycles. The number of hydrogen-bond acceptors (Lipinski definition) is 15. The number of carbonyl (C=O) groups excluding carboxylic acids is 11. The van der Waals surface area contributed by atoms with Crippen LogP contribution < -0.4 is 5.32 Å². The van der Waals surface area contributed by atoms with Gasteiger partial charge in [0.1, 0.15) is 42.0 Å². The van der Waals surface area contributed by atoms with Gasteiger partial charge < -0.3 is 54.2 Å². The summed E-state index contributed by atoms with van der Waals surface area (Å²) in [5.41, 5.74) is 0. The quantitative estimate of drug-likeness (QED) is 0.101. The van der Waals surface area contributed by atoms with Crippen molar-refractivity contribution in [2.75, 3.05) is 89.3 Å². The summed E-state index contributed by atoms with van der Waals surface area (Å²) in [6.07, 6.45) is 3.17. The second-order valence-corrected chi connectivity index (χ2v) is 29.7. The number of allylic oxidation sites excluding steroid dienone is 2. The van der Waals surface area contributed by atoms with E-state index < -0.39 is 149 Å². The van der Waals surface area contributed by atoms with Crippen molar-refractivity contribution in [2.45, 2.75) is 236 Å². The molecule has 95 heavy (non-hydrogen) atoms. The third-order valence-corrected chi connectivity index (χ3v) is 19.8.